The van der Waals surface area contributed by atoms with Crippen molar-refractivity contribution in [3.8, 4) is 5.75 Å². The van der Waals surface area contributed by atoms with Gasteiger partial charge in [0.05, 0.1) is 7.11 Å². The second-order valence-electron chi connectivity index (χ2n) is 5.79. The fourth-order valence-electron chi connectivity index (χ4n) is 1.79. The molecule has 96 valence electrons. The van der Waals surface area contributed by atoms with E-state index < -0.39 is 0 Å². The standard InChI is InChI=1S/C15H25NO/c1-12-10-13(6-7-14(12)17-5)8-9-16-11-15(2,3)4/h6-7,10,16H,8-9,11H2,1-5H3. The topological polar surface area (TPSA) is 21.3 Å². The van der Waals surface area contributed by atoms with Crippen molar-refractivity contribution in [2.45, 2.75) is 34.1 Å². The van der Waals surface area contributed by atoms with Gasteiger partial charge in [0.2, 0.25) is 0 Å². The summed E-state index contributed by atoms with van der Waals surface area (Å²) in [5.41, 5.74) is 2.93. The second kappa shape index (κ2) is 6.06. The number of aryl methyl sites for hydroxylation is 1. The molecule has 0 aliphatic rings. The molecular weight excluding hydrogens is 210 g/mol. The Balaban J connectivity index is 2.40. The number of nitrogens with one attached hydrogen (secondary N) is 1. The molecule has 0 unspecified atom stereocenters. The van der Waals surface area contributed by atoms with Gasteiger partial charge in [0.1, 0.15) is 5.75 Å². The summed E-state index contributed by atoms with van der Waals surface area (Å²) in [6.07, 6.45) is 1.07. The highest BCUT2D eigenvalue weighted by atomic mass is 16.5. The van der Waals surface area contributed by atoms with Gasteiger partial charge in [-0.25, -0.2) is 0 Å². The molecule has 0 aromatic heterocycles. The Hall–Kier alpha value is -1.02. The molecule has 0 bridgehead atoms. The van der Waals surface area contributed by atoms with Crippen LogP contribution in [-0.2, 0) is 6.42 Å². The average molecular weight is 235 g/mol. The highest BCUT2D eigenvalue weighted by Crippen LogP contribution is 2.18. The van der Waals surface area contributed by atoms with E-state index in [-0.39, 0.29) is 0 Å². The number of ether oxygens (including phenoxy) is 1. The van der Waals surface area contributed by atoms with E-state index in [1.54, 1.807) is 7.11 Å². The summed E-state index contributed by atoms with van der Waals surface area (Å²) in [6.45, 7) is 10.9. The van der Waals surface area contributed by atoms with E-state index >= 15 is 0 Å². The first-order valence-corrected chi connectivity index (χ1v) is 6.26. The first-order valence-electron chi connectivity index (χ1n) is 6.26. The quantitative estimate of drug-likeness (QED) is 0.791. The van der Waals surface area contributed by atoms with Gasteiger partial charge in [-0.15, -0.1) is 0 Å². The van der Waals surface area contributed by atoms with Crippen molar-refractivity contribution in [2.24, 2.45) is 5.41 Å². The molecule has 0 atom stereocenters. The van der Waals surface area contributed by atoms with Crippen molar-refractivity contribution in [3.63, 3.8) is 0 Å². The van der Waals surface area contributed by atoms with Crippen LogP contribution in [0.1, 0.15) is 31.9 Å². The minimum atomic E-state index is 0.357. The smallest absolute Gasteiger partial charge is 0.121 e. The van der Waals surface area contributed by atoms with E-state index in [2.05, 4.69) is 51.2 Å². The number of hydrogen-bond donors (Lipinski definition) is 1. The third-order valence-electron chi connectivity index (χ3n) is 2.71. The van der Waals surface area contributed by atoms with E-state index in [1.807, 2.05) is 0 Å². The first kappa shape index (κ1) is 14.0. The summed E-state index contributed by atoms with van der Waals surface area (Å²) < 4.78 is 5.25. The van der Waals surface area contributed by atoms with Gasteiger partial charge < -0.3 is 10.1 Å². The van der Waals surface area contributed by atoms with Crippen molar-refractivity contribution < 1.29 is 4.74 Å². The van der Waals surface area contributed by atoms with E-state index in [4.69, 9.17) is 4.74 Å². The fourth-order valence-corrected chi connectivity index (χ4v) is 1.79. The molecule has 0 radical (unpaired) electrons. The summed E-state index contributed by atoms with van der Waals surface area (Å²) in [4.78, 5) is 0. The molecule has 17 heavy (non-hydrogen) atoms. The largest absolute Gasteiger partial charge is 0.496 e. The molecule has 2 heteroatoms. The third-order valence-corrected chi connectivity index (χ3v) is 2.71. The van der Waals surface area contributed by atoms with Crippen LogP contribution in [0.15, 0.2) is 18.2 Å². The summed E-state index contributed by atoms with van der Waals surface area (Å²) in [7, 11) is 1.72. The van der Waals surface area contributed by atoms with Crippen LogP contribution in [-0.4, -0.2) is 20.2 Å². The number of methoxy groups -OCH3 is 1. The molecule has 1 aromatic carbocycles. The van der Waals surface area contributed by atoms with Crippen molar-refractivity contribution in [1.29, 1.82) is 0 Å². The maximum Gasteiger partial charge on any atom is 0.121 e. The Kier molecular flexibility index (Phi) is 5.01. The van der Waals surface area contributed by atoms with Crippen LogP contribution in [0.3, 0.4) is 0 Å². The van der Waals surface area contributed by atoms with E-state index in [1.165, 1.54) is 11.1 Å². The SMILES string of the molecule is COc1ccc(CCNCC(C)(C)C)cc1C. The van der Waals surface area contributed by atoms with Gasteiger partial charge in [0, 0.05) is 6.54 Å². The molecule has 0 aliphatic carbocycles. The summed E-state index contributed by atoms with van der Waals surface area (Å²) in [5, 5.41) is 3.49. The van der Waals surface area contributed by atoms with E-state index in [0.29, 0.717) is 5.41 Å². The van der Waals surface area contributed by atoms with Crippen LogP contribution in [0.4, 0.5) is 0 Å². The predicted octanol–water partition coefficient (Wildman–Crippen LogP) is 3.18. The summed E-state index contributed by atoms with van der Waals surface area (Å²) in [6, 6.07) is 6.40. The lowest BCUT2D eigenvalue weighted by Gasteiger charge is -2.18. The van der Waals surface area contributed by atoms with Crippen LogP contribution in [0.25, 0.3) is 0 Å². The Morgan fingerprint density at radius 2 is 1.94 bits per heavy atom. The minimum absolute atomic E-state index is 0.357. The maximum atomic E-state index is 5.25. The van der Waals surface area contributed by atoms with Crippen LogP contribution in [0.5, 0.6) is 5.75 Å². The van der Waals surface area contributed by atoms with E-state index in [9.17, 15) is 0 Å². The minimum Gasteiger partial charge on any atom is -0.496 e. The Morgan fingerprint density at radius 1 is 1.24 bits per heavy atom. The van der Waals surface area contributed by atoms with Gasteiger partial charge in [0.15, 0.2) is 0 Å². The number of benzene rings is 1. The zero-order valence-corrected chi connectivity index (χ0v) is 11.8. The molecule has 0 aliphatic heterocycles. The van der Waals surface area contributed by atoms with E-state index in [0.717, 1.165) is 25.3 Å². The summed E-state index contributed by atoms with van der Waals surface area (Å²) >= 11 is 0. The van der Waals surface area contributed by atoms with Crippen LogP contribution < -0.4 is 10.1 Å². The Bertz CT molecular complexity index is 352. The fraction of sp³-hybridized carbons (Fsp3) is 0.600. The molecule has 0 saturated heterocycles. The van der Waals surface area contributed by atoms with Gasteiger partial charge in [-0.3, -0.25) is 0 Å². The van der Waals surface area contributed by atoms with Gasteiger partial charge in [-0.1, -0.05) is 32.9 Å². The molecule has 2 nitrogen and oxygen atoms in total. The molecule has 1 N–H and O–H groups in total. The normalized spacial score (nSPS) is 11.6. The molecule has 0 fully saturated rings. The Labute approximate surface area is 105 Å². The zero-order chi connectivity index (χ0) is 12.9. The molecular formula is C15H25NO. The molecule has 0 spiro atoms. The highest BCUT2D eigenvalue weighted by molar-refractivity contribution is 5.36. The average Bonchev–Trinajstić information content (AvgIpc) is 2.23. The van der Waals surface area contributed by atoms with Gasteiger partial charge in [-0.2, -0.15) is 0 Å². The Morgan fingerprint density at radius 3 is 2.47 bits per heavy atom. The molecule has 0 amide bonds. The monoisotopic (exact) mass is 235 g/mol. The first-order chi connectivity index (χ1) is 7.92. The van der Waals surface area contributed by atoms with Crippen LogP contribution in [0.2, 0.25) is 0 Å². The zero-order valence-electron chi connectivity index (χ0n) is 11.8. The number of rotatable bonds is 5. The molecule has 0 heterocycles. The van der Waals surface area contributed by atoms with Crippen molar-refractivity contribution >= 4 is 0 Å². The molecule has 1 rings (SSSR count). The van der Waals surface area contributed by atoms with Gasteiger partial charge in [0.25, 0.3) is 0 Å². The van der Waals surface area contributed by atoms with Crippen molar-refractivity contribution in [2.75, 3.05) is 20.2 Å². The third kappa shape index (κ3) is 5.22. The second-order valence-corrected chi connectivity index (χ2v) is 5.79. The van der Waals surface area contributed by atoms with Crippen LogP contribution >= 0.6 is 0 Å². The molecule has 0 saturated carbocycles. The number of hydrogen-bond acceptors (Lipinski definition) is 2. The van der Waals surface area contributed by atoms with Crippen molar-refractivity contribution in [1.82, 2.24) is 5.32 Å². The van der Waals surface area contributed by atoms with Crippen LogP contribution in [0, 0.1) is 12.3 Å². The summed E-state index contributed by atoms with van der Waals surface area (Å²) in [5.74, 6) is 0.969. The van der Waals surface area contributed by atoms with Crippen molar-refractivity contribution in [3.05, 3.63) is 29.3 Å². The predicted molar refractivity (Wildman–Crippen MR) is 73.8 cm³/mol. The lowest BCUT2D eigenvalue weighted by Crippen LogP contribution is -2.28. The maximum absolute atomic E-state index is 5.25. The lowest BCUT2D eigenvalue weighted by atomic mass is 9.97. The van der Waals surface area contributed by atoms with Gasteiger partial charge in [-0.05, 0) is 42.5 Å². The highest BCUT2D eigenvalue weighted by Gasteiger charge is 2.08. The molecule has 1 aromatic rings. The lowest BCUT2D eigenvalue weighted by molar-refractivity contribution is 0.381. The van der Waals surface area contributed by atoms with Gasteiger partial charge >= 0.3 is 0 Å².